The van der Waals surface area contributed by atoms with Crippen LogP contribution in [0.25, 0.3) is 0 Å². The molecule has 1 rings (SSSR count). The van der Waals surface area contributed by atoms with Crippen LogP contribution in [0.1, 0.15) is 73.3 Å². The van der Waals surface area contributed by atoms with Crippen LogP contribution in [0.4, 0.5) is 5.69 Å². The van der Waals surface area contributed by atoms with Gasteiger partial charge in [0.1, 0.15) is 5.75 Å². The third-order valence-corrected chi connectivity index (χ3v) is 11.7. The Bertz CT molecular complexity index is 907. The molecule has 0 fully saturated rings. The molecule has 0 heterocycles. The molecule has 8 heteroatoms. The quantitative estimate of drug-likeness (QED) is 0.143. The second-order valence-corrected chi connectivity index (χ2v) is 16.0. The fourth-order valence-electron chi connectivity index (χ4n) is 4.01. The number of ether oxygens (including phenoxy) is 4. The van der Waals surface area contributed by atoms with Crippen LogP contribution in [0.15, 0.2) is 17.7 Å². The van der Waals surface area contributed by atoms with E-state index in [1.54, 1.807) is 40.4 Å². The number of hydrogen-bond donors (Lipinski definition) is 1. The van der Waals surface area contributed by atoms with Crippen molar-refractivity contribution in [1.29, 1.82) is 0 Å². The van der Waals surface area contributed by atoms with Crippen molar-refractivity contribution < 1.29 is 28.2 Å². The number of hydrogen-bond acceptors (Lipinski definition) is 6. The number of benzene rings is 1. The largest absolute Gasteiger partial charge is 0.494 e. The van der Waals surface area contributed by atoms with Gasteiger partial charge < -0.3 is 28.7 Å². The summed E-state index contributed by atoms with van der Waals surface area (Å²) in [7, 11) is 2.89. The van der Waals surface area contributed by atoms with Crippen molar-refractivity contribution in [3.05, 3.63) is 23.3 Å². The van der Waals surface area contributed by atoms with E-state index in [0.717, 1.165) is 24.8 Å². The van der Waals surface area contributed by atoms with E-state index in [9.17, 15) is 4.79 Å². The average Bonchev–Trinajstić information content (AvgIpc) is 2.81. The summed E-state index contributed by atoms with van der Waals surface area (Å²) in [5.41, 5.74) is 1.99. The molecular weight excluding hydrogens is 486 g/mol. The van der Waals surface area contributed by atoms with Crippen molar-refractivity contribution in [3.63, 3.8) is 0 Å². The minimum atomic E-state index is -1.90. The maximum absolute atomic E-state index is 12.7. The third kappa shape index (κ3) is 9.34. The van der Waals surface area contributed by atoms with Crippen LogP contribution >= 0.6 is 0 Å². The summed E-state index contributed by atoms with van der Waals surface area (Å²) in [4.78, 5) is 12.7. The van der Waals surface area contributed by atoms with Crippen LogP contribution in [-0.2, 0) is 20.4 Å². The van der Waals surface area contributed by atoms with Crippen molar-refractivity contribution in [3.8, 4) is 17.2 Å². The standard InChI is InChI=1S/C29H51NO6Si/c1-13-15-22(36-37(11,12)29(5,6)7)16-20(3)17-23-26(33-9)24(30-28(31)21(4)14-2)18-25(27(23)34-10)35-19-32-8/h14,18,20,22H,13,15-17,19H2,1-12H3,(H,30,31)/b21-14+/t20-,22+/m0/s1. The van der Waals surface area contributed by atoms with Crippen molar-refractivity contribution in [2.75, 3.05) is 33.4 Å². The minimum Gasteiger partial charge on any atom is -0.494 e. The number of nitrogens with one attached hydrogen (secondary N) is 1. The zero-order chi connectivity index (χ0) is 28.4. The highest BCUT2D eigenvalue weighted by atomic mass is 28.4. The molecule has 0 aliphatic carbocycles. The topological polar surface area (TPSA) is 75.3 Å². The van der Waals surface area contributed by atoms with Gasteiger partial charge in [0, 0.05) is 30.4 Å². The molecule has 0 saturated heterocycles. The second kappa shape index (κ2) is 14.8. The van der Waals surface area contributed by atoms with E-state index in [0.29, 0.717) is 34.9 Å². The number of anilines is 1. The molecular formula is C29H51NO6Si. The molecule has 1 aromatic rings. The van der Waals surface area contributed by atoms with E-state index in [-0.39, 0.29) is 29.8 Å². The van der Waals surface area contributed by atoms with Gasteiger partial charge in [0.15, 0.2) is 26.6 Å². The molecule has 212 valence electrons. The van der Waals surface area contributed by atoms with Gasteiger partial charge in [0.2, 0.25) is 0 Å². The lowest BCUT2D eigenvalue weighted by Gasteiger charge is -2.40. The van der Waals surface area contributed by atoms with Crippen molar-refractivity contribution in [2.45, 2.75) is 98.4 Å². The lowest BCUT2D eigenvalue weighted by molar-refractivity contribution is -0.112. The molecule has 0 saturated carbocycles. The average molecular weight is 538 g/mol. The molecule has 0 spiro atoms. The van der Waals surface area contributed by atoms with Gasteiger partial charge in [-0.05, 0) is 57.2 Å². The Labute approximate surface area is 226 Å². The van der Waals surface area contributed by atoms with Crippen LogP contribution in [0, 0.1) is 5.92 Å². The number of methoxy groups -OCH3 is 3. The van der Waals surface area contributed by atoms with Gasteiger partial charge in [-0.3, -0.25) is 4.79 Å². The lowest BCUT2D eigenvalue weighted by atomic mass is 9.92. The summed E-state index contributed by atoms with van der Waals surface area (Å²) in [5, 5.41) is 3.13. The fraction of sp³-hybridized carbons (Fsp3) is 0.690. The molecule has 1 aromatic carbocycles. The summed E-state index contributed by atoms with van der Waals surface area (Å²) in [6.07, 6.45) is 5.62. The van der Waals surface area contributed by atoms with Crippen LogP contribution in [0.2, 0.25) is 18.1 Å². The SMILES string of the molecule is C/C=C(\C)C(=O)Nc1cc(OCOC)c(OC)c(C[C@@H](C)C[C@@H](CCC)O[Si](C)(C)C(C)(C)C)c1OC. The molecule has 0 aliphatic rings. The Morgan fingerprint density at radius 3 is 2.24 bits per heavy atom. The second-order valence-electron chi connectivity index (χ2n) is 11.3. The predicted octanol–water partition coefficient (Wildman–Crippen LogP) is 7.35. The smallest absolute Gasteiger partial charge is 0.251 e. The molecule has 2 atom stereocenters. The van der Waals surface area contributed by atoms with E-state index in [1.807, 2.05) is 6.92 Å². The van der Waals surface area contributed by atoms with E-state index in [4.69, 9.17) is 23.4 Å². The summed E-state index contributed by atoms with van der Waals surface area (Å²) in [5.74, 6) is 1.71. The Balaban J connectivity index is 3.43. The first kappa shape index (κ1) is 33.0. The Morgan fingerprint density at radius 2 is 1.76 bits per heavy atom. The van der Waals surface area contributed by atoms with Crippen molar-refractivity contribution >= 4 is 19.9 Å². The van der Waals surface area contributed by atoms with E-state index >= 15 is 0 Å². The van der Waals surface area contributed by atoms with Gasteiger partial charge in [0.25, 0.3) is 5.91 Å². The van der Waals surface area contributed by atoms with Gasteiger partial charge >= 0.3 is 0 Å². The molecule has 37 heavy (non-hydrogen) atoms. The molecule has 1 amide bonds. The Morgan fingerprint density at radius 1 is 1.14 bits per heavy atom. The lowest BCUT2D eigenvalue weighted by Crippen LogP contribution is -2.44. The maximum atomic E-state index is 12.7. The monoisotopic (exact) mass is 537 g/mol. The first-order chi connectivity index (χ1) is 17.3. The van der Waals surface area contributed by atoms with Gasteiger partial charge in [0.05, 0.1) is 19.9 Å². The van der Waals surface area contributed by atoms with E-state index < -0.39 is 8.32 Å². The Hall–Kier alpha value is -2.03. The zero-order valence-corrected chi connectivity index (χ0v) is 26.3. The van der Waals surface area contributed by atoms with Crippen LogP contribution in [0.5, 0.6) is 17.2 Å². The van der Waals surface area contributed by atoms with Gasteiger partial charge in [-0.25, -0.2) is 0 Å². The number of amides is 1. The number of carbonyl (C=O) groups is 1. The molecule has 0 unspecified atom stereocenters. The number of carbonyl (C=O) groups excluding carboxylic acids is 1. The summed E-state index contributed by atoms with van der Waals surface area (Å²) >= 11 is 0. The predicted molar refractivity (Wildman–Crippen MR) is 155 cm³/mol. The molecule has 7 nitrogen and oxygen atoms in total. The van der Waals surface area contributed by atoms with Crippen LogP contribution < -0.4 is 19.5 Å². The molecule has 0 aliphatic heterocycles. The van der Waals surface area contributed by atoms with Crippen LogP contribution in [-0.4, -0.2) is 48.5 Å². The molecule has 0 aromatic heterocycles. The van der Waals surface area contributed by atoms with Crippen molar-refractivity contribution in [2.24, 2.45) is 5.92 Å². The first-order valence-corrected chi connectivity index (χ1v) is 16.2. The zero-order valence-electron chi connectivity index (χ0n) is 25.3. The van der Waals surface area contributed by atoms with Gasteiger partial charge in [-0.15, -0.1) is 0 Å². The normalized spacial score (nSPS) is 14.2. The Kier molecular flexibility index (Phi) is 13.2. The maximum Gasteiger partial charge on any atom is 0.251 e. The highest BCUT2D eigenvalue weighted by Gasteiger charge is 2.39. The number of rotatable bonds is 15. The fourth-order valence-corrected chi connectivity index (χ4v) is 5.42. The molecule has 1 N–H and O–H groups in total. The third-order valence-electron chi connectivity index (χ3n) is 7.17. The van der Waals surface area contributed by atoms with E-state index in [2.05, 4.69) is 53.0 Å². The first-order valence-electron chi connectivity index (χ1n) is 13.3. The summed E-state index contributed by atoms with van der Waals surface area (Å²) < 4.78 is 29.5. The van der Waals surface area contributed by atoms with Crippen molar-refractivity contribution in [1.82, 2.24) is 0 Å². The van der Waals surface area contributed by atoms with Gasteiger partial charge in [-0.1, -0.05) is 47.1 Å². The minimum absolute atomic E-state index is 0.0535. The molecule has 0 radical (unpaired) electrons. The highest BCUT2D eigenvalue weighted by molar-refractivity contribution is 6.74. The van der Waals surface area contributed by atoms with E-state index in [1.165, 1.54) is 0 Å². The van der Waals surface area contributed by atoms with Gasteiger partial charge in [-0.2, -0.15) is 0 Å². The molecule has 0 bridgehead atoms. The van der Waals surface area contributed by atoms with Crippen LogP contribution in [0.3, 0.4) is 0 Å². The number of allylic oxidation sites excluding steroid dienone is 1. The summed E-state index contributed by atoms with van der Waals surface area (Å²) in [6.45, 7) is 19.5. The summed E-state index contributed by atoms with van der Waals surface area (Å²) in [6, 6.07) is 1.73. The highest BCUT2D eigenvalue weighted by Crippen LogP contribution is 2.45.